The minimum Gasteiger partial charge on any atom is -0.494 e. The Morgan fingerprint density at radius 1 is 0.892 bits per heavy atom. The Kier molecular flexibility index (Phi) is 11.1. The van der Waals surface area contributed by atoms with Crippen LogP contribution in [-0.2, 0) is 19.1 Å². The number of ether oxygens (including phenoxy) is 2. The van der Waals surface area contributed by atoms with Crippen molar-refractivity contribution in [2.24, 2.45) is 5.92 Å². The fourth-order valence-electron chi connectivity index (χ4n) is 4.04. The number of benzene rings is 2. The highest BCUT2D eigenvalue weighted by Gasteiger charge is 2.52. The number of ketones is 1. The molecule has 37 heavy (non-hydrogen) atoms. The molecule has 0 heterocycles. The summed E-state index contributed by atoms with van der Waals surface area (Å²) in [5.41, 5.74) is -0.974. The fourth-order valence-corrected chi connectivity index (χ4v) is 4.04. The van der Waals surface area contributed by atoms with E-state index in [-0.39, 0.29) is 24.2 Å². The Morgan fingerprint density at radius 3 is 2.03 bits per heavy atom. The zero-order valence-electron chi connectivity index (χ0n) is 21.3. The number of carbonyl (C=O) groups excluding carboxylic acids is 2. The van der Waals surface area contributed by atoms with Gasteiger partial charge in [-0.05, 0) is 56.9 Å². The largest absolute Gasteiger partial charge is 0.494 e. The Balaban J connectivity index is 1.85. The van der Waals surface area contributed by atoms with Crippen LogP contribution in [0.25, 0.3) is 0 Å². The number of unbranched alkanes of at least 4 members (excludes halogenated alkanes) is 3. The number of rotatable bonds is 16. The number of esters is 1. The number of carbonyl (C=O) groups is 4. The van der Waals surface area contributed by atoms with E-state index in [4.69, 9.17) is 9.47 Å². The predicted octanol–water partition coefficient (Wildman–Crippen LogP) is 5.30. The second-order valence-electron chi connectivity index (χ2n) is 8.90. The number of hydrogen-bond donors (Lipinski definition) is 2. The average Bonchev–Trinajstić information content (AvgIpc) is 2.88. The Morgan fingerprint density at radius 2 is 1.49 bits per heavy atom. The number of aliphatic carboxylic acids is 2. The molecule has 0 saturated heterocycles. The van der Waals surface area contributed by atoms with Gasteiger partial charge >= 0.3 is 17.9 Å². The smallest absolute Gasteiger partial charge is 0.349 e. The summed E-state index contributed by atoms with van der Waals surface area (Å²) < 4.78 is 11.0. The van der Waals surface area contributed by atoms with E-state index in [1.807, 2.05) is 18.2 Å². The highest BCUT2D eigenvalue weighted by Crippen LogP contribution is 2.33. The van der Waals surface area contributed by atoms with E-state index in [1.54, 1.807) is 43.3 Å². The molecule has 0 fully saturated rings. The van der Waals surface area contributed by atoms with Crippen molar-refractivity contribution in [2.75, 3.05) is 6.61 Å². The molecule has 0 aromatic heterocycles. The van der Waals surface area contributed by atoms with Gasteiger partial charge in [-0.1, -0.05) is 56.7 Å². The minimum absolute atomic E-state index is 0.000445. The maximum atomic E-state index is 12.5. The average molecular weight is 511 g/mol. The molecule has 198 valence electrons. The highest BCUT2D eigenvalue weighted by molar-refractivity contribution is 6.09. The Hall–Kier alpha value is -3.94. The molecule has 2 N–H and O–H groups in total. The van der Waals surface area contributed by atoms with Crippen LogP contribution in [0.4, 0.5) is 0 Å². The van der Waals surface area contributed by atoms with E-state index in [0.29, 0.717) is 49.2 Å². The third-order valence-corrected chi connectivity index (χ3v) is 6.12. The molecule has 2 atom stereocenters. The lowest BCUT2D eigenvalue weighted by molar-refractivity contribution is -0.190. The summed E-state index contributed by atoms with van der Waals surface area (Å²) in [6.07, 6.45) is 2.23. The maximum Gasteiger partial charge on any atom is 0.349 e. The summed E-state index contributed by atoms with van der Waals surface area (Å²) in [5, 5.41) is 19.5. The van der Waals surface area contributed by atoms with Crippen LogP contribution in [0.3, 0.4) is 0 Å². The van der Waals surface area contributed by atoms with E-state index in [2.05, 4.69) is 6.58 Å². The second-order valence-corrected chi connectivity index (χ2v) is 8.90. The molecule has 0 aliphatic carbocycles. The van der Waals surface area contributed by atoms with Gasteiger partial charge in [0.25, 0.3) is 0 Å². The first-order chi connectivity index (χ1) is 17.6. The van der Waals surface area contributed by atoms with Gasteiger partial charge < -0.3 is 19.7 Å². The second kappa shape index (κ2) is 14.0. The molecular formula is C29H34O8. The molecule has 2 unspecified atom stereocenters. The van der Waals surface area contributed by atoms with Gasteiger partial charge in [-0.2, -0.15) is 0 Å². The van der Waals surface area contributed by atoms with Gasteiger partial charge in [0.05, 0.1) is 6.61 Å². The maximum absolute atomic E-state index is 12.5. The summed E-state index contributed by atoms with van der Waals surface area (Å²) in [7, 11) is 0. The Labute approximate surface area is 216 Å². The number of carboxylic acids is 2. The van der Waals surface area contributed by atoms with E-state index in [0.717, 1.165) is 0 Å². The number of carboxylic acid groups (broad SMARTS) is 2. The van der Waals surface area contributed by atoms with Crippen molar-refractivity contribution >= 4 is 23.7 Å². The van der Waals surface area contributed by atoms with Gasteiger partial charge in [-0.3, -0.25) is 9.59 Å². The zero-order chi connectivity index (χ0) is 27.4. The van der Waals surface area contributed by atoms with Crippen molar-refractivity contribution in [2.45, 2.75) is 58.0 Å². The Bertz CT molecular complexity index is 1090. The molecule has 2 aromatic carbocycles. The van der Waals surface area contributed by atoms with E-state index in [1.165, 1.54) is 6.92 Å². The summed E-state index contributed by atoms with van der Waals surface area (Å²) in [6, 6.07) is 15.9. The zero-order valence-corrected chi connectivity index (χ0v) is 21.3. The van der Waals surface area contributed by atoms with Crippen LogP contribution in [-0.4, -0.2) is 46.1 Å². The quantitative estimate of drug-likeness (QED) is 0.135. The molecule has 0 saturated carbocycles. The molecule has 0 bridgehead atoms. The van der Waals surface area contributed by atoms with Gasteiger partial charge in [0.1, 0.15) is 11.7 Å². The molecular weight excluding hydrogens is 476 g/mol. The normalized spacial score (nSPS) is 13.1. The van der Waals surface area contributed by atoms with Gasteiger partial charge in [0.2, 0.25) is 5.60 Å². The van der Waals surface area contributed by atoms with Crippen molar-refractivity contribution < 1.29 is 38.9 Å². The number of hydrogen-bond acceptors (Lipinski definition) is 6. The third-order valence-electron chi connectivity index (χ3n) is 6.12. The molecule has 0 radical (unpaired) electrons. The van der Waals surface area contributed by atoms with Crippen LogP contribution in [0, 0.1) is 5.92 Å². The first-order valence-electron chi connectivity index (χ1n) is 12.3. The monoisotopic (exact) mass is 510 g/mol. The highest BCUT2D eigenvalue weighted by atomic mass is 16.6. The fraction of sp³-hybridized carbons (Fsp3) is 0.379. The molecule has 0 aliphatic heterocycles. The molecule has 2 aromatic rings. The van der Waals surface area contributed by atoms with Gasteiger partial charge in [0, 0.05) is 16.7 Å². The van der Waals surface area contributed by atoms with Crippen molar-refractivity contribution in [1.82, 2.24) is 0 Å². The molecule has 0 aliphatic rings. The lowest BCUT2D eigenvalue weighted by atomic mass is 9.80. The van der Waals surface area contributed by atoms with Gasteiger partial charge in [-0.25, -0.2) is 9.59 Å². The first kappa shape index (κ1) is 29.3. The van der Waals surface area contributed by atoms with Crippen molar-refractivity contribution in [1.29, 1.82) is 0 Å². The van der Waals surface area contributed by atoms with Crippen LogP contribution >= 0.6 is 0 Å². The van der Waals surface area contributed by atoms with Crippen LogP contribution in [0.2, 0.25) is 0 Å². The van der Waals surface area contributed by atoms with Crippen LogP contribution in [0.5, 0.6) is 5.75 Å². The summed E-state index contributed by atoms with van der Waals surface area (Å²) in [5.74, 6) is -4.54. The van der Waals surface area contributed by atoms with Crippen LogP contribution in [0.15, 0.2) is 66.7 Å². The first-order valence-corrected chi connectivity index (χ1v) is 12.3. The van der Waals surface area contributed by atoms with Crippen molar-refractivity contribution in [3.05, 3.63) is 77.9 Å². The topological polar surface area (TPSA) is 127 Å². The summed E-state index contributed by atoms with van der Waals surface area (Å²) in [4.78, 5) is 48.5. The van der Waals surface area contributed by atoms with E-state index in [9.17, 15) is 29.4 Å². The minimum atomic E-state index is -2.16. The van der Waals surface area contributed by atoms with Gasteiger partial charge in [0.15, 0.2) is 5.78 Å². The van der Waals surface area contributed by atoms with Crippen LogP contribution < -0.4 is 4.74 Å². The van der Waals surface area contributed by atoms with Crippen molar-refractivity contribution in [3.63, 3.8) is 0 Å². The molecule has 8 heteroatoms. The van der Waals surface area contributed by atoms with E-state index < -0.39 is 29.4 Å². The molecule has 0 spiro atoms. The molecule has 0 amide bonds. The van der Waals surface area contributed by atoms with E-state index >= 15 is 0 Å². The van der Waals surface area contributed by atoms with Crippen molar-refractivity contribution in [3.8, 4) is 5.75 Å². The molecule has 8 nitrogen and oxygen atoms in total. The van der Waals surface area contributed by atoms with Crippen LogP contribution in [0.1, 0.15) is 68.3 Å². The summed E-state index contributed by atoms with van der Waals surface area (Å²) in [6.45, 7) is 6.82. The SMILES string of the molecule is C=C(C)C(=O)OC(CCCCCCOc1ccc(C(=O)c2ccccc2)cc1)(C(=O)O)C(CC)C(=O)O. The lowest BCUT2D eigenvalue weighted by Crippen LogP contribution is -2.52. The standard InChI is InChI=1S/C29H34O8/c1-4-24(26(31)32)29(28(34)35,37-27(33)20(2)3)18-10-5-6-11-19-36-23-16-14-22(15-17-23)25(30)21-12-8-7-9-13-21/h7-9,12-17,24H,2,4-6,10-11,18-19H2,1,3H3,(H,31,32)(H,34,35). The predicted molar refractivity (Wildman–Crippen MR) is 138 cm³/mol. The summed E-state index contributed by atoms with van der Waals surface area (Å²) >= 11 is 0. The van der Waals surface area contributed by atoms with Gasteiger partial charge in [-0.15, -0.1) is 0 Å². The molecule has 2 rings (SSSR count). The third kappa shape index (κ3) is 8.03. The lowest BCUT2D eigenvalue weighted by Gasteiger charge is -2.34.